The summed E-state index contributed by atoms with van der Waals surface area (Å²) in [7, 11) is 1.70. The van der Waals surface area contributed by atoms with Gasteiger partial charge in [-0.2, -0.15) is 0 Å². The fourth-order valence-corrected chi connectivity index (χ4v) is 2.83. The van der Waals surface area contributed by atoms with E-state index in [4.69, 9.17) is 9.94 Å². The summed E-state index contributed by atoms with van der Waals surface area (Å²) in [5.41, 5.74) is 4.51. The predicted molar refractivity (Wildman–Crippen MR) is 127 cm³/mol. The third-order valence-corrected chi connectivity index (χ3v) is 4.65. The Morgan fingerprint density at radius 3 is 2.12 bits per heavy atom. The van der Waals surface area contributed by atoms with E-state index in [1.807, 2.05) is 24.3 Å². The molecule has 2 rings (SSSR count). The van der Waals surface area contributed by atoms with Gasteiger partial charge in [0.2, 0.25) is 0 Å². The molecule has 0 radical (unpaired) electrons. The zero-order valence-corrected chi connectivity index (χ0v) is 18.2. The van der Waals surface area contributed by atoms with Crippen LogP contribution in [0, 0.1) is 11.8 Å². The van der Waals surface area contributed by atoms with Crippen LogP contribution in [0.15, 0.2) is 48.5 Å². The molecule has 8 heteroatoms. The average Bonchev–Trinajstić information content (AvgIpc) is 2.81. The van der Waals surface area contributed by atoms with Crippen molar-refractivity contribution in [3.8, 4) is 11.8 Å². The number of hydrogen-bond acceptors (Lipinski definition) is 6. The fraction of sp³-hybridized carbons (Fsp3) is 0.360. The Balaban J connectivity index is 0.00000544. The van der Waals surface area contributed by atoms with Gasteiger partial charge in [-0.1, -0.05) is 31.4 Å². The van der Waals surface area contributed by atoms with Crippen LogP contribution in [0.2, 0.25) is 0 Å². The Bertz CT molecular complexity index is 931. The Morgan fingerprint density at radius 1 is 1.03 bits per heavy atom. The Kier molecular flexibility index (Phi) is 12.4. The lowest BCUT2D eigenvalue weighted by atomic mass is 10.1. The molecule has 0 saturated carbocycles. The average molecular weight is 456 g/mol. The summed E-state index contributed by atoms with van der Waals surface area (Å²) < 4.78 is 5.02. The lowest BCUT2D eigenvalue weighted by Gasteiger charge is -2.19. The molecule has 2 amide bonds. The summed E-state index contributed by atoms with van der Waals surface area (Å²) in [4.78, 5) is 23.8. The zero-order valence-electron chi connectivity index (χ0n) is 18.2. The first-order valence-corrected chi connectivity index (χ1v) is 10.3. The third kappa shape index (κ3) is 9.43. The van der Waals surface area contributed by atoms with E-state index < -0.39 is 24.0 Å². The standard InChI is InChI=1S/C24H29N3O5.CH4/c1-17(28)22(24(30)27-31)26-23(29)21-12-10-19(11-13-21)5-4-18-6-8-20(9-7-18)16-25-14-3-15-32-2;/h6-13,17,22,25,28,31H,3,14-16H2,1-2H3,(H,26,29)(H,27,30);1H4/t17-,22+;/m1./s1. The fourth-order valence-electron chi connectivity index (χ4n) is 2.83. The number of aliphatic hydroxyl groups is 1. The molecule has 0 aromatic heterocycles. The largest absolute Gasteiger partial charge is 0.391 e. The smallest absolute Gasteiger partial charge is 0.268 e. The predicted octanol–water partition coefficient (Wildman–Crippen LogP) is 1.83. The van der Waals surface area contributed by atoms with Crippen LogP contribution in [-0.2, 0) is 16.1 Å². The van der Waals surface area contributed by atoms with Crippen molar-refractivity contribution in [1.82, 2.24) is 16.1 Å². The van der Waals surface area contributed by atoms with Gasteiger partial charge in [0.1, 0.15) is 6.04 Å². The number of carbonyl (C=O) groups is 2. The Labute approximate surface area is 195 Å². The molecule has 5 N–H and O–H groups in total. The van der Waals surface area contributed by atoms with E-state index in [2.05, 4.69) is 22.5 Å². The number of hydrogen-bond donors (Lipinski definition) is 5. The van der Waals surface area contributed by atoms with Crippen LogP contribution < -0.4 is 16.1 Å². The van der Waals surface area contributed by atoms with Crippen LogP contribution in [0.5, 0.6) is 0 Å². The van der Waals surface area contributed by atoms with Crippen molar-refractivity contribution in [2.24, 2.45) is 0 Å². The van der Waals surface area contributed by atoms with Crippen LogP contribution in [-0.4, -0.2) is 54.5 Å². The van der Waals surface area contributed by atoms with E-state index in [0.29, 0.717) is 5.56 Å². The second kappa shape index (κ2) is 14.8. The van der Waals surface area contributed by atoms with E-state index in [-0.39, 0.29) is 7.43 Å². The molecule has 2 aromatic carbocycles. The van der Waals surface area contributed by atoms with Crippen molar-refractivity contribution in [2.75, 3.05) is 20.3 Å². The molecule has 0 unspecified atom stereocenters. The molecular formula is C25H33N3O5. The molecule has 0 heterocycles. The van der Waals surface area contributed by atoms with Gasteiger partial charge in [0.15, 0.2) is 0 Å². The van der Waals surface area contributed by atoms with Crippen molar-refractivity contribution in [1.29, 1.82) is 0 Å². The summed E-state index contributed by atoms with van der Waals surface area (Å²) in [5, 5.41) is 24.1. The van der Waals surface area contributed by atoms with Gasteiger partial charge in [0, 0.05) is 37.0 Å². The molecule has 0 saturated heterocycles. The van der Waals surface area contributed by atoms with Crippen LogP contribution in [0.25, 0.3) is 0 Å². The van der Waals surface area contributed by atoms with Crippen molar-refractivity contribution >= 4 is 11.8 Å². The van der Waals surface area contributed by atoms with Gasteiger partial charge in [-0.05, 0) is 61.9 Å². The molecule has 0 bridgehead atoms. The first-order chi connectivity index (χ1) is 15.4. The number of carbonyl (C=O) groups excluding carboxylic acids is 2. The topological polar surface area (TPSA) is 120 Å². The first kappa shape index (κ1) is 27.8. The van der Waals surface area contributed by atoms with Crippen LogP contribution >= 0.6 is 0 Å². The highest BCUT2D eigenvalue weighted by molar-refractivity contribution is 5.97. The van der Waals surface area contributed by atoms with Gasteiger partial charge in [-0.25, -0.2) is 5.48 Å². The molecule has 0 fully saturated rings. The number of benzene rings is 2. The van der Waals surface area contributed by atoms with Crippen LogP contribution in [0.3, 0.4) is 0 Å². The van der Waals surface area contributed by atoms with Gasteiger partial charge < -0.3 is 20.5 Å². The van der Waals surface area contributed by atoms with E-state index in [1.165, 1.54) is 18.0 Å². The molecule has 8 nitrogen and oxygen atoms in total. The minimum Gasteiger partial charge on any atom is -0.391 e. The molecule has 2 aromatic rings. The number of methoxy groups -OCH3 is 1. The molecule has 0 aliphatic heterocycles. The molecule has 0 spiro atoms. The maximum absolute atomic E-state index is 12.3. The summed E-state index contributed by atoms with van der Waals surface area (Å²) in [6, 6.07) is 13.3. The van der Waals surface area contributed by atoms with Gasteiger partial charge in [-0.3, -0.25) is 14.8 Å². The first-order valence-electron chi connectivity index (χ1n) is 10.3. The maximum atomic E-state index is 12.3. The number of rotatable bonds is 10. The van der Waals surface area contributed by atoms with Crippen LogP contribution in [0.1, 0.15) is 47.8 Å². The van der Waals surface area contributed by atoms with Gasteiger partial charge in [0.05, 0.1) is 6.10 Å². The zero-order chi connectivity index (χ0) is 23.3. The van der Waals surface area contributed by atoms with Gasteiger partial charge >= 0.3 is 0 Å². The molecule has 0 aliphatic rings. The van der Waals surface area contributed by atoms with E-state index in [9.17, 15) is 14.7 Å². The highest BCUT2D eigenvalue weighted by atomic mass is 16.5. The lowest BCUT2D eigenvalue weighted by Crippen LogP contribution is -2.51. The quantitative estimate of drug-likeness (QED) is 0.161. The van der Waals surface area contributed by atoms with Crippen LogP contribution in [0.4, 0.5) is 0 Å². The van der Waals surface area contributed by atoms with E-state index >= 15 is 0 Å². The summed E-state index contributed by atoms with van der Waals surface area (Å²) >= 11 is 0. The molecule has 2 atom stereocenters. The number of amides is 2. The van der Waals surface area contributed by atoms with Gasteiger partial charge in [-0.15, -0.1) is 0 Å². The Hall–Kier alpha value is -3.22. The SMILES string of the molecule is C.COCCCNCc1ccc(C#Cc2ccc(C(=O)N[C@H](C(=O)NO)[C@@H](C)O)cc2)cc1. The van der Waals surface area contributed by atoms with E-state index in [0.717, 1.165) is 37.2 Å². The third-order valence-electron chi connectivity index (χ3n) is 4.65. The monoisotopic (exact) mass is 455 g/mol. The number of aliphatic hydroxyl groups excluding tert-OH is 1. The number of nitrogens with one attached hydrogen (secondary N) is 3. The summed E-state index contributed by atoms with van der Waals surface area (Å²) in [5.74, 6) is 4.69. The minimum atomic E-state index is -1.27. The minimum absolute atomic E-state index is 0. The van der Waals surface area contributed by atoms with Crippen molar-refractivity contribution in [3.05, 3.63) is 70.8 Å². The molecule has 33 heavy (non-hydrogen) atoms. The summed E-state index contributed by atoms with van der Waals surface area (Å²) in [6.45, 7) is 3.77. The summed E-state index contributed by atoms with van der Waals surface area (Å²) in [6.07, 6.45) is -0.200. The normalized spacial score (nSPS) is 11.9. The highest BCUT2D eigenvalue weighted by Crippen LogP contribution is 2.07. The van der Waals surface area contributed by atoms with Crippen molar-refractivity contribution < 1.29 is 24.6 Å². The van der Waals surface area contributed by atoms with Crippen molar-refractivity contribution in [2.45, 2.75) is 39.5 Å². The Morgan fingerprint density at radius 2 is 1.61 bits per heavy atom. The lowest BCUT2D eigenvalue weighted by molar-refractivity contribution is -0.133. The second-order valence-electron chi connectivity index (χ2n) is 7.22. The molecule has 0 aliphatic carbocycles. The second-order valence-corrected chi connectivity index (χ2v) is 7.22. The highest BCUT2D eigenvalue weighted by Gasteiger charge is 2.25. The van der Waals surface area contributed by atoms with Gasteiger partial charge in [0.25, 0.3) is 11.8 Å². The number of ether oxygens (including phenoxy) is 1. The maximum Gasteiger partial charge on any atom is 0.268 e. The molecule has 178 valence electrons. The van der Waals surface area contributed by atoms with Crippen molar-refractivity contribution in [3.63, 3.8) is 0 Å². The number of hydroxylamine groups is 1. The molecular weight excluding hydrogens is 422 g/mol. The van der Waals surface area contributed by atoms with E-state index in [1.54, 1.807) is 31.4 Å².